The van der Waals surface area contributed by atoms with Crippen LogP contribution in [-0.2, 0) is 4.79 Å². The number of aliphatic carboxylic acids is 1. The summed E-state index contributed by atoms with van der Waals surface area (Å²) < 4.78 is 0. The second-order valence-electron chi connectivity index (χ2n) is 2.60. The van der Waals surface area contributed by atoms with Crippen LogP contribution < -0.4 is 5.73 Å². The normalized spacial score (nSPS) is 29.2. The van der Waals surface area contributed by atoms with E-state index in [1.54, 1.807) is 0 Å². The summed E-state index contributed by atoms with van der Waals surface area (Å²) >= 11 is 0. The maximum absolute atomic E-state index is 10.4. The smallest absolute Gasteiger partial charge is 0.306 e. The largest absolute Gasteiger partial charge is 0.481 e. The summed E-state index contributed by atoms with van der Waals surface area (Å²) in [5, 5.41) is 8.57. The van der Waals surface area contributed by atoms with Crippen molar-refractivity contribution in [2.45, 2.75) is 18.9 Å². The molecule has 1 aliphatic carbocycles. The highest BCUT2D eigenvalue weighted by atomic mass is 35.5. The SMILES string of the molecule is Cl.N[C@@H]1C=CC[C@H](C(=O)O)C1. The van der Waals surface area contributed by atoms with Crippen LogP contribution in [0.1, 0.15) is 12.8 Å². The fourth-order valence-corrected chi connectivity index (χ4v) is 1.12. The second-order valence-corrected chi connectivity index (χ2v) is 2.60. The van der Waals surface area contributed by atoms with E-state index in [9.17, 15) is 4.79 Å². The third-order valence-corrected chi connectivity index (χ3v) is 1.71. The molecule has 1 aliphatic rings. The van der Waals surface area contributed by atoms with Crippen molar-refractivity contribution in [3.05, 3.63) is 12.2 Å². The van der Waals surface area contributed by atoms with E-state index >= 15 is 0 Å². The van der Waals surface area contributed by atoms with Crippen molar-refractivity contribution < 1.29 is 9.90 Å². The van der Waals surface area contributed by atoms with Gasteiger partial charge in [0.1, 0.15) is 0 Å². The van der Waals surface area contributed by atoms with Gasteiger partial charge in [-0.1, -0.05) is 12.2 Å². The lowest BCUT2D eigenvalue weighted by molar-refractivity contribution is -0.142. The van der Waals surface area contributed by atoms with Crippen molar-refractivity contribution in [3.63, 3.8) is 0 Å². The zero-order chi connectivity index (χ0) is 7.56. The van der Waals surface area contributed by atoms with Crippen molar-refractivity contribution in [1.29, 1.82) is 0 Å². The van der Waals surface area contributed by atoms with Crippen molar-refractivity contribution in [1.82, 2.24) is 0 Å². The average molecular weight is 178 g/mol. The van der Waals surface area contributed by atoms with Crippen LogP contribution in [0, 0.1) is 5.92 Å². The summed E-state index contributed by atoms with van der Waals surface area (Å²) in [7, 11) is 0. The summed E-state index contributed by atoms with van der Waals surface area (Å²) in [6, 6.07) is -0.0603. The highest BCUT2D eigenvalue weighted by molar-refractivity contribution is 5.85. The molecule has 0 saturated carbocycles. The number of allylic oxidation sites excluding steroid dienone is 1. The fraction of sp³-hybridized carbons (Fsp3) is 0.571. The molecule has 0 fully saturated rings. The van der Waals surface area contributed by atoms with Gasteiger partial charge < -0.3 is 10.8 Å². The van der Waals surface area contributed by atoms with Crippen molar-refractivity contribution in [3.8, 4) is 0 Å². The Hall–Kier alpha value is -0.540. The third kappa shape index (κ3) is 2.91. The van der Waals surface area contributed by atoms with Gasteiger partial charge in [0.05, 0.1) is 5.92 Å². The third-order valence-electron chi connectivity index (χ3n) is 1.71. The Morgan fingerprint density at radius 2 is 2.27 bits per heavy atom. The standard InChI is InChI=1S/C7H11NO2.ClH/c8-6-3-1-2-5(4-6)7(9)10;/h1,3,5-6H,2,4,8H2,(H,9,10);1H/t5-,6+;/m0./s1. The molecule has 11 heavy (non-hydrogen) atoms. The number of carboxylic acid groups (broad SMARTS) is 1. The number of hydrogen-bond donors (Lipinski definition) is 2. The van der Waals surface area contributed by atoms with Crippen molar-refractivity contribution in [2.75, 3.05) is 0 Å². The Kier molecular flexibility index (Phi) is 4.15. The average Bonchev–Trinajstić information content (AvgIpc) is 1.88. The zero-order valence-electron chi connectivity index (χ0n) is 6.06. The van der Waals surface area contributed by atoms with E-state index in [0.717, 1.165) is 0 Å². The number of halogens is 1. The van der Waals surface area contributed by atoms with Crippen molar-refractivity contribution in [2.24, 2.45) is 11.7 Å². The van der Waals surface area contributed by atoms with E-state index in [2.05, 4.69) is 0 Å². The summed E-state index contributed by atoms with van der Waals surface area (Å²) in [6.07, 6.45) is 4.90. The summed E-state index contributed by atoms with van der Waals surface area (Å²) in [6.45, 7) is 0. The van der Waals surface area contributed by atoms with E-state index < -0.39 is 5.97 Å². The Balaban J connectivity index is 0.000001000. The minimum absolute atomic E-state index is 0. The lowest BCUT2D eigenvalue weighted by Crippen LogP contribution is -2.28. The van der Waals surface area contributed by atoms with Crippen LogP contribution in [-0.4, -0.2) is 17.1 Å². The van der Waals surface area contributed by atoms with E-state index in [4.69, 9.17) is 10.8 Å². The first kappa shape index (κ1) is 10.5. The molecule has 0 unspecified atom stereocenters. The number of nitrogens with two attached hydrogens (primary N) is 1. The molecule has 4 heteroatoms. The number of carboxylic acids is 1. The molecular weight excluding hydrogens is 166 g/mol. The topological polar surface area (TPSA) is 63.3 Å². The predicted molar refractivity (Wildman–Crippen MR) is 44.7 cm³/mol. The Bertz CT molecular complexity index is 170. The van der Waals surface area contributed by atoms with Gasteiger partial charge in [0.25, 0.3) is 0 Å². The fourth-order valence-electron chi connectivity index (χ4n) is 1.12. The van der Waals surface area contributed by atoms with E-state index in [-0.39, 0.29) is 24.4 Å². The molecule has 0 aromatic heterocycles. The molecule has 64 valence electrons. The van der Waals surface area contributed by atoms with E-state index in [1.165, 1.54) is 0 Å². The molecule has 0 aromatic carbocycles. The van der Waals surface area contributed by atoms with Crippen LogP contribution in [0.3, 0.4) is 0 Å². The van der Waals surface area contributed by atoms with Crippen LogP contribution in [0.5, 0.6) is 0 Å². The Morgan fingerprint density at radius 3 is 2.64 bits per heavy atom. The molecule has 0 spiro atoms. The summed E-state index contributed by atoms with van der Waals surface area (Å²) in [5.41, 5.74) is 5.51. The minimum atomic E-state index is -0.736. The molecule has 0 bridgehead atoms. The molecule has 2 atom stereocenters. The van der Waals surface area contributed by atoms with Gasteiger partial charge in [-0.25, -0.2) is 0 Å². The molecule has 0 aromatic rings. The van der Waals surface area contributed by atoms with Gasteiger partial charge in [-0.3, -0.25) is 4.79 Å². The summed E-state index contributed by atoms with van der Waals surface area (Å²) in [5.74, 6) is -1.00. The van der Waals surface area contributed by atoms with Crippen LogP contribution in [0.4, 0.5) is 0 Å². The Morgan fingerprint density at radius 1 is 1.64 bits per heavy atom. The molecule has 0 amide bonds. The molecule has 0 heterocycles. The molecular formula is C7H12ClNO2. The molecule has 0 saturated heterocycles. The highest BCUT2D eigenvalue weighted by Crippen LogP contribution is 2.16. The van der Waals surface area contributed by atoms with Gasteiger partial charge in [-0.05, 0) is 12.8 Å². The number of rotatable bonds is 1. The minimum Gasteiger partial charge on any atom is -0.481 e. The predicted octanol–water partition coefficient (Wildman–Crippen LogP) is 0.786. The maximum atomic E-state index is 10.4. The molecule has 3 nitrogen and oxygen atoms in total. The van der Waals surface area contributed by atoms with Gasteiger partial charge in [-0.15, -0.1) is 12.4 Å². The quantitative estimate of drug-likeness (QED) is 0.582. The maximum Gasteiger partial charge on any atom is 0.306 e. The molecule has 1 rings (SSSR count). The van der Waals surface area contributed by atoms with Gasteiger partial charge in [0.2, 0.25) is 0 Å². The first-order valence-electron chi connectivity index (χ1n) is 3.35. The lowest BCUT2D eigenvalue weighted by Gasteiger charge is -2.17. The van der Waals surface area contributed by atoms with Gasteiger partial charge in [0, 0.05) is 6.04 Å². The van der Waals surface area contributed by atoms with E-state index in [0.29, 0.717) is 12.8 Å². The van der Waals surface area contributed by atoms with Crippen LogP contribution >= 0.6 is 12.4 Å². The van der Waals surface area contributed by atoms with Crippen LogP contribution in [0.15, 0.2) is 12.2 Å². The summed E-state index contributed by atoms with van der Waals surface area (Å²) in [4.78, 5) is 10.4. The monoisotopic (exact) mass is 177 g/mol. The van der Waals surface area contributed by atoms with Crippen molar-refractivity contribution >= 4 is 18.4 Å². The molecule has 3 N–H and O–H groups in total. The molecule has 0 aliphatic heterocycles. The van der Waals surface area contributed by atoms with Gasteiger partial charge >= 0.3 is 5.97 Å². The zero-order valence-corrected chi connectivity index (χ0v) is 6.88. The van der Waals surface area contributed by atoms with Crippen LogP contribution in [0.25, 0.3) is 0 Å². The Labute approximate surface area is 71.7 Å². The highest BCUT2D eigenvalue weighted by Gasteiger charge is 2.20. The van der Waals surface area contributed by atoms with Gasteiger partial charge in [-0.2, -0.15) is 0 Å². The van der Waals surface area contributed by atoms with Gasteiger partial charge in [0.15, 0.2) is 0 Å². The number of carbonyl (C=O) groups is 1. The number of hydrogen-bond acceptors (Lipinski definition) is 2. The second kappa shape index (κ2) is 4.36. The van der Waals surface area contributed by atoms with E-state index in [1.807, 2.05) is 12.2 Å². The first-order chi connectivity index (χ1) is 4.70. The molecule has 0 radical (unpaired) electrons. The van der Waals surface area contributed by atoms with Crippen LogP contribution in [0.2, 0.25) is 0 Å². The first-order valence-corrected chi connectivity index (χ1v) is 3.35. The lowest BCUT2D eigenvalue weighted by atomic mass is 9.92.